The second-order valence-corrected chi connectivity index (χ2v) is 6.47. The molecule has 28 heavy (non-hydrogen) atoms. The number of anilines is 4. The average molecular weight is 386 g/mol. The predicted octanol–water partition coefficient (Wildman–Crippen LogP) is 6.24. The number of nitrogens with one attached hydrogen (secondary N) is 2. The molecule has 0 amide bonds. The standard InChI is InChI=1S/C21H21F3N4/c1-3-7-15-9-6-10-16(12-15)26-19-17(21(22,23)24)13-25-20(28-19)27-18-11-5-4-8-14(18)2/h4-6,8-13H,3,7H2,1-2H3,(H2,25,26,27,28). The molecule has 0 aliphatic carbocycles. The zero-order valence-corrected chi connectivity index (χ0v) is 15.6. The van der Waals surface area contributed by atoms with Crippen molar-refractivity contribution in [1.29, 1.82) is 0 Å². The summed E-state index contributed by atoms with van der Waals surface area (Å²) in [6.07, 6.45) is -1.96. The highest BCUT2D eigenvalue weighted by atomic mass is 19.4. The van der Waals surface area contributed by atoms with E-state index in [4.69, 9.17) is 0 Å². The average Bonchev–Trinajstić information content (AvgIpc) is 2.63. The van der Waals surface area contributed by atoms with E-state index in [2.05, 4.69) is 27.5 Å². The lowest BCUT2D eigenvalue weighted by molar-refractivity contribution is -0.137. The van der Waals surface area contributed by atoms with Gasteiger partial charge in [0.25, 0.3) is 0 Å². The van der Waals surface area contributed by atoms with Crippen LogP contribution in [0.25, 0.3) is 0 Å². The van der Waals surface area contributed by atoms with Crippen LogP contribution in [-0.4, -0.2) is 9.97 Å². The molecule has 0 spiro atoms. The first-order chi connectivity index (χ1) is 13.4. The van der Waals surface area contributed by atoms with Gasteiger partial charge in [0.2, 0.25) is 5.95 Å². The van der Waals surface area contributed by atoms with Gasteiger partial charge in [-0.05, 0) is 42.7 Å². The number of rotatable bonds is 6. The number of aryl methyl sites for hydroxylation is 2. The van der Waals surface area contributed by atoms with Gasteiger partial charge in [0, 0.05) is 17.6 Å². The molecule has 0 aliphatic heterocycles. The number of halogens is 3. The summed E-state index contributed by atoms with van der Waals surface area (Å²) in [5.41, 5.74) is 2.36. The maximum absolute atomic E-state index is 13.4. The van der Waals surface area contributed by atoms with E-state index in [1.807, 2.05) is 49.4 Å². The first-order valence-corrected chi connectivity index (χ1v) is 8.99. The molecule has 0 atom stereocenters. The molecule has 0 bridgehead atoms. The van der Waals surface area contributed by atoms with Crippen LogP contribution in [0.5, 0.6) is 0 Å². The molecule has 146 valence electrons. The Morgan fingerprint density at radius 2 is 1.79 bits per heavy atom. The summed E-state index contributed by atoms with van der Waals surface area (Å²) in [4.78, 5) is 7.94. The van der Waals surface area contributed by atoms with Gasteiger partial charge in [-0.1, -0.05) is 43.7 Å². The third-order valence-electron chi connectivity index (χ3n) is 4.21. The quantitative estimate of drug-likeness (QED) is 0.526. The normalized spacial score (nSPS) is 11.3. The van der Waals surface area contributed by atoms with Gasteiger partial charge in [0.1, 0.15) is 11.4 Å². The van der Waals surface area contributed by atoms with Crippen LogP contribution >= 0.6 is 0 Å². The van der Waals surface area contributed by atoms with E-state index in [9.17, 15) is 13.2 Å². The van der Waals surface area contributed by atoms with Crippen LogP contribution in [-0.2, 0) is 12.6 Å². The lowest BCUT2D eigenvalue weighted by Crippen LogP contribution is -2.12. The Hall–Kier alpha value is -3.09. The minimum Gasteiger partial charge on any atom is -0.340 e. The van der Waals surface area contributed by atoms with Crippen LogP contribution in [0.2, 0.25) is 0 Å². The molecule has 0 unspecified atom stereocenters. The van der Waals surface area contributed by atoms with Gasteiger partial charge < -0.3 is 10.6 Å². The minimum atomic E-state index is -4.56. The second kappa shape index (κ2) is 8.29. The van der Waals surface area contributed by atoms with Crippen LogP contribution < -0.4 is 10.6 Å². The Morgan fingerprint density at radius 1 is 1.00 bits per heavy atom. The zero-order valence-electron chi connectivity index (χ0n) is 15.6. The van der Waals surface area contributed by atoms with E-state index in [1.165, 1.54) is 0 Å². The number of hydrogen-bond donors (Lipinski definition) is 2. The van der Waals surface area contributed by atoms with E-state index in [0.29, 0.717) is 5.69 Å². The highest BCUT2D eigenvalue weighted by Crippen LogP contribution is 2.35. The predicted molar refractivity (Wildman–Crippen MR) is 105 cm³/mol. The van der Waals surface area contributed by atoms with E-state index in [-0.39, 0.29) is 11.8 Å². The molecule has 0 fully saturated rings. The molecule has 1 heterocycles. The number of para-hydroxylation sites is 1. The molecule has 3 aromatic rings. The number of aromatic nitrogens is 2. The van der Waals surface area contributed by atoms with E-state index < -0.39 is 11.7 Å². The van der Waals surface area contributed by atoms with Crippen LogP contribution in [0, 0.1) is 6.92 Å². The van der Waals surface area contributed by atoms with Gasteiger partial charge in [0.05, 0.1) is 0 Å². The van der Waals surface area contributed by atoms with Crippen molar-refractivity contribution in [3.63, 3.8) is 0 Å². The fourth-order valence-electron chi connectivity index (χ4n) is 2.81. The summed E-state index contributed by atoms with van der Waals surface area (Å²) < 4.78 is 40.3. The molecule has 2 aromatic carbocycles. The van der Waals surface area contributed by atoms with Crippen molar-refractivity contribution in [2.24, 2.45) is 0 Å². The zero-order chi connectivity index (χ0) is 20.1. The SMILES string of the molecule is CCCc1cccc(Nc2nc(Nc3ccccc3C)ncc2C(F)(F)F)c1. The molecule has 0 radical (unpaired) electrons. The van der Waals surface area contributed by atoms with Crippen LogP contribution in [0.3, 0.4) is 0 Å². The van der Waals surface area contributed by atoms with Crippen molar-refractivity contribution in [3.05, 3.63) is 71.4 Å². The number of alkyl halides is 3. The summed E-state index contributed by atoms with van der Waals surface area (Å²) >= 11 is 0. The fourth-order valence-corrected chi connectivity index (χ4v) is 2.81. The number of nitrogens with zero attached hydrogens (tertiary/aromatic N) is 2. The van der Waals surface area contributed by atoms with Gasteiger partial charge >= 0.3 is 6.18 Å². The molecule has 3 rings (SSSR count). The lowest BCUT2D eigenvalue weighted by Gasteiger charge is -2.16. The van der Waals surface area contributed by atoms with E-state index in [1.54, 1.807) is 6.07 Å². The first kappa shape index (κ1) is 19.7. The molecule has 0 aliphatic rings. The van der Waals surface area contributed by atoms with Crippen molar-refractivity contribution >= 4 is 23.1 Å². The Kier molecular flexibility index (Phi) is 5.82. The lowest BCUT2D eigenvalue weighted by atomic mass is 10.1. The molecule has 0 saturated heterocycles. The molecule has 0 saturated carbocycles. The molecular weight excluding hydrogens is 365 g/mol. The highest BCUT2D eigenvalue weighted by molar-refractivity contribution is 5.64. The van der Waals surface area contributed by atoms with Crippen molar-refractivity contribution in [2.45, 2.75) is 32.9 Å². The number of hydrogen-bond acceptors (Lipinski definition) is 4. The Balaban J connectivity index is 1.95. The summed E-state index contributed by atoms with van der Waals surface area (Å²) in [6.45, 7) is 3.95. The molecule has 1 aromatic heterocycles. The van der Waals surface area contributed by atoms with Gasteiger partial charge in [-0.3, -0.25) is 0 Å². The summed E-state index contributed by atoms with van der Waals surface area (Å²) in [6, 6.07) is 14.7. The second-order valence-electron chi connectivity index (χ2n) is 6.47. The van der Waals surface area contributed by atoms with Gasteiger partial charge in [-0.15, -0.1) is 0 Å². The van der Waals surface area contributed by atoms with Crippen LogP contribution in [0.15, 0.2) is 54.7 Å². The van der Waals surface area contributed by atoms with E-state index >= 15 is 0 Å². The maximum atomic E-state index is 13.4. The largest absolute Gasteiger partial charge is 0.421 e. The smallest absolute Gasteiger partial charge is 0.340 e. The highest BCUT2D eigenvalue weighted by Gasteiger charge is 2.35. The summed E-state index contributed by atoms with van der Waals surface area (Å²) in [7, 11) is 0. The van der Waals surface area contributed by atoms with Crippen molar-refractivity contribution in [1.82, 2.24) is 9.97 Å². The van der Waals surface area contributed by atoms with Crippen molar-refractivity contribution in [2.75, 3.05) is 10.6 Å². The van der Waals surface area contributed by atoms with Crippen molar-refractivity contribution < 1.29 is 13.2 Å². The monoisotopic (exact) mass is 386 g/mol. The molecule has 2 N–H and O–H groups in total. The summed E-state index contributed by atoms with van der Waals surface area (Å²) in [5.74, 6) is -0.193. The first-order valence-electron chi connectivity index (χ1n) is 8.99. The van der Waals surface area contributed by atoms with Gasteiger partial charge in [-0.25, -0.2) is 4.98 Å². The van der Waals surface area contributed by atoms with Crippen LogP contribution in [0.4, 0.5) is 36.3 Å². The fraction of sp³-hybridized carbons (Fsp3) is 0.238. The molecule has 7 heteroatoms. The minimum absolute atomic E-state index is 0.0921. The topological polar surface area (TPSA) is 49.8 Å². The third-order valence-corrected chi connectivity index (χ3v) is 4.21. The van der Waals surface area contributed by atoms with Crippen LogP contribution in [0.1, 0.15) is 30.0 Å². The molecular formula is C21H21F3N4. The Bertz CT molecular complexity index is 954. The summed E-state index contributed by atoms with van der Waals surface area (Å²) in [5, 5.41) is 5.79. The number of benzene rings is 2. The maximum Gasteiger partial charge on any atom is 0.421 e. The Morgan fingerprint density at radius 3 is 2.50 bits per heavy atom. The van der Waals surface area contributed by atoms with Gasteiger partial charge in [-0.2, -0.15) is 18.2 Å². The van der Waals surface area contributed by atoms with E-state index in [0.717, 1.165) is 35.9 Å². The van der Waals surface area contributed by atoms with Crippen molar-refractivity contribution in [3.8, 4) is 0 Å². The Labute approximate surface area is 161 Å². The van der Waals surface area contributed by atoms with Gasteiger partial charge in [0.15, 0.2) is 0 Å². The molecule has 4 nitrogen and oxygen atoms in total. The third kappa shape index (κ3) is 4.79.